The lowest BCUT2D eigenvalue weighted by Crippen LogP contribution is -2.50. The fourth-order valence-corrected chi connectivity index (χ4v) is 2.46. The molecule has 0 radical (unpaired) electrons. The summed E-state index contributed by atoms with van der Waals surface area (Å²) < 4.78 is 36.6. The monoisotopic (exact) mass is 342 g/mol. The normalized spacial score (nSPS) is 20.6. The lowest BCUT2D eigenvalue weighted by Gasteiger charge is -2.31. The highest BCUT2D eigenvalue weighted by atomic mass is 19.2. The Balaban J connectivity index is 1.82. The lowest BCUT2D eigenvalue weighted by atomic mass is 10.0. The van der Waals surface area contributed by atoms with Crippen LogP contribution in [-0.4, -0.2) is 43.8 Å². The fraction of sp³-hybridized carbons (Fsp3) is 0.500. The number of hydrogen-bond donors (Lipinski definition) is 2. The Labute approximate surface area is 138 Å². The first-order chi connectivity index (χ1) is 11.5. The molecule has 24 heavy (non-hydrogen) atoms. The van der Waals surface area contributed by atoms with Crippen LogP contribution in [0.4, 0.5) is 8.78 Å². The van der Waals surface area contributed by atoms with Crippen LogP contribution in [0.25, 0.3) is 0 Å². The first-order valence-electron chi connectivity index (χ1n) is 7.66. The van der Waals surface area contributed by atoms with Crippen molar-refractivity contribution in [3.63, 3.8) is 0 Å². The zero-order valence-corrected chi connectivity index (χ0v) is 13.1. The largest absolute Gasteiger partial charge is 0.379 e. The number of amides is 2. The van der Waals surface area contributed by atoms with Gasteiger partial charge in [-0.25, -0.2) is 8.78 Å². The molecule has 3 N–H and O–H groups in total. The van der Waals surface area contributed by atoms with E-state index in [2.05, 4.69) is 5.32 Å². The molecule has 0 aromatic heterocycles. The Morgan fingerprint density at radius 2 is 2.12 bits per heavy atom. The van der Waals surface area contributed by atoms with E-state index in [1.54, 1.807) is 0 Å². The van der Waals surface area contributed by atoms with Crippen LogP contribution in [0.1, 0.15) is 18.4 Å². The standard InChI is InChI=1S/C16H20F2N2O4/c17-11-3-1-10(7-12(11)18)2-4-16(22)20-13-5-6-23-8-14(13)24-9-15(19)21/h1,3,7,13-14H,2,4-6,8-9H2,(H2,19,21)(H,20,22)/t13-,14-/m1/s1. The van der Waals surface area contributed by atoms with E-state index in [-0.39, 0.29) is 31.6 Å². The van der Waals surface area contributed by atoms with Gasteiger partial charge in [0.2, 0.25) is 11.8 Å². The number of halogens is 2. The maximum atomic E-state index is 13.1. The van der Waals surface area contributed by atoms with E-state index in [1.807, 2.05) is 0 Å². The second-order valence-electron chi connectivity index (χ2n) is 5.60. The van der Waals surface area contributed by atoms with Crippen molar-refractivity contribution in [2.45, 2.75) is 31.4 Å². The van der Waals surface area contributed by atoms with Gasteiger partial charge in [-0.05, 0) is 30.5 Å². The van der Waals surface area contributed by atoms with Crippen LogP contribution in [0.5, 0.6) is 0 Å². The number of carbonyl (C=O) groups excluding carboxylic acids is 2. The summed E-state index contributed by atoms with van der Waals surface area (Å²) in [5.74, 6) is -2.68. The van der Waals surface area contributed by atoms with E-state index in [4.69, 9.17) is 15.2 Å². The van der Waals surface area contributed by atoms with Gasteiger partial charge >= 0.3 is 0 Å². The molecule has 1 aliphatic rings. The van der Waals surface area contributed by atoms with Crippen LogP contribution < -0.4 is 11.1 Å². The minimum atomic E-state index is -0.933. The van der Waals surface area contributed by atoms with E-state index < -0.39 is 23.6 Å². The van der Waals surface area contributed by atoms with Gasteiger partial charge in [-0.1, -0.05) is 6.07 Å². The Kier molecular flexibility index (Phi) is 6.62. The molecule has 0 spiro atoms. The number of rotatable bonds is 7. The highest BCUT2D eigenvalue weighted by molar-refractivity contribution is 5.76. The molecular weight excluding hydrogens is 322 g/mol. The third-order valence-corrected chi connectivity index (χ3v) is 3.71. The van der Waals surface area contributed by atoms with Gasteiger partial charge in [-0.15, -0.1) is 0 Å². The predicted molar refractivity (Wildman–Crippen MR) is 81.0 cm³/mol. The number of hydrogen-bond acceptors (Lipinski definition) is 4. The number of ether oxygens (including phenoxy) is 2. The van der Waals surface area contributed by atoms with Gasteiger partial charge in [-0.3, -0.25) is 9.59 Å². The van der Waals surface area contributed by atoms with E-state index in [0.29, 0.717) is 25.0 Å². The van der Waals surface area contributed by atoms with Crippen molar-refractivity contribution in [3.8, 4) is 0 Å². The molecule has 6 nitrogen and oxygen atoms in total. The summed E-state index contributed by atoms with van der Waals surface area (Å²) in [4.78, 5) is 22.8. The molecule has 132 valence electrons. The van der Waals surface area contributed by atoms with Gasteiger partial charge in [0.15, 0.2) is 11.6 Å². The summed E-state index contributed by atoms with van der Waals surface area (Å²) in [5.41, 5.74) is 5.58. The average Bonchev–Trinajstić information content (AvgIpc) is 2.55. The van der Waals surface area contributed by atoms with Crippen molar-refractivity contribution in [3.05, 3.63) is 35.4 Å². The van der Waals surface area contributed by atoms with E-state index in [1.165, 1.54) is 6.07 Å². The molecule has 1 aromatic rings. The summed E-state index contributed by atoms with van der Waals surface area (Å²) in [6.07, 6.45) is 0.531. The molecule has 0 aliphatic carbocycles. The Morgan fingerprint density at radius 3 is 2.83 bits per heavy atom. The molecule has 8 heteroatoms. The molecule has 2 rings (SSSR count). The highest BCUT2D eigenvalue weighted by Crippen LogP contribution is 2.13. The third-order valence-electron chi connectivity index (χ3n) is 3.71. The molecule has 0 saturated carbocycles. The number of benzene rings is 1. The van der Waals surface area contributed by atoms with Crippen LogP contribution in [0.2, 0.25) is 0 Å². The van der Waals surface area contributed by atoms with Crippen LogP contribution in [0, 0.1) is 11.6 Å². The van der Waals surface area contributed by atoms with Gasteiger partial charge in [-0.2, -0.15) is 0 Å². The molecule has 1 heterocycles. The summed E-state index contributed by atoms with van der Waals surface area (Å²) in [7, 11) is 0. The van der Waals surface area contributed by atoms with Crippen LogP contribution in [-0.2, 0) is 25.5 Å². The molecule has 1 aliphatic heterocycles. The van der Waals surface area contributed by atoms with Crippen molar-refractivity contribution in [2.75, 3.05) is 19.8 Å². The van der Waals surface area contributed by atoms with Gasteiger partial charge in [0.05, 0.1) is 12.6 Å². The van der Waals surface area contributed by atoms with Gasteiger partial charge in [0.25, 0.3) is 0 Å². The number of carbonyl (C=O) groups is 2. The maximum Gasteiger partial charge on any atom is 0.243 e. The Hall–Kier alpha value is -2.06. The molecule has 0 unspecified atom stereocenters. The van der Waals surface area contributed by atoms with Crippen molar-refractivity contribution in [1.82, 2.24) is 5.32 Å². The summed E-state index contributed by atoms with van der Waals surface area (Å²) in [6.45, 7) is 0.501. The average molecular weight is 342 g/mol. The van der Waals surface area contributed by atoms with Crippen molar-refractivity contribution in [2.24, 2.45) is 5.73 Å². The number of nitrogens with one attached hydrogen (secondary N) is 1. The molecule has 1 fully saturated rings. The first kappa shape index (κ1) is 18.3. The van der Waals surface area contributed by atoms with Gasteiger partial charge in [0.1, 0.15) is 12.7 Å². The van der Waals surface area contributed by atoms with Crippen LogP contribution in [0.3, 0.4) is 0 Å². The van der Waals surface area contributed by atoms with Gasteiger partial charge < -0.3 is 20.5 Å². The fourth-order valence-electron chi connectivity index (χ4n) is 2.46. The maximum absolute atomic E-state index is 13.1. The number of aryl methyl sites for hydroxylation is 1. The first-order valence-corrected chi connectivity index (χ1v) is 7.66. The Bertz CT molecular complexity index is 597. The van der Waals surface area contributed by atoms with Crippen molar-refractivity contribution < 1.29 is 27.8 Å². The predicted octanol–water partition coefficient (Wildman–Crippen LogP) is 0.673. The highest BCUT2D eigenvalue weighted by Gasteiger charge is 2.28. The van der Waals surface area contributed by atoms with E-state index in [9.17, 15) is 18.4 Å². The molecule has 2 amide bonds. The van der Waals surface area contributed by atoms with Crippen LogP contribution in [0.15, 0.2) is 18.2 Å². The quantitative estimate of drug-likeness (QED) is 0.762. The molecular formula is C16H20F2N2O4. The zero-order chi connectivity index (χ0) is 17.5. The smallest absolute Gasteiger partial charge is 0.243 e. The summed E-state index contributed by atoms with van der Waals surface area (Å²) >= 11 is 0. The molecule has 2 atom stereocenters. The molecule has 1 aromatic carbocycles. The van der Waals surface area contributed by atoms with Crippen molar-refractivity contribution in [1.29, 1.82) is 0 Å². The minimum Gasteiger partial charge on any atom is -0.379 e. The number of nitrogens with two attached hydrogens (primary N) is 1. The van der Waals surface area contributed by atoms with Crippen LogP contribution >= 0.6 is 0 Å². The second kappa shape index (κ2) is 8.70. The third kappa shape index (κ3) is 5.54. The topological polar surface area (TPSA) is 90.7 Å². The molecule has 1 saturated heterocycles. The Morgan fingerprint density at radius 1 is 1.33 bits per heavy atom. The second-order valence-corrected chi connectivity index (χ2v) is 5.60. The molecule has 0 bridgehead atoms. The minimum absolute atomic E-state index is 0.130. The zero-order valence-electron chi connectivity index (χ0n) is 13.1. The van der Waals surface area contributed by atoms with Crippen molar-refractivity contribution >= 4 is 11.8 Å². The summed E-state index contributed by atoms with van der Waals surface area (Å²) in [6, 6.07) is 3.28. The van der Waals surface area contributed by atoms with E-state index >= 15 is 0 Å². The lowest BCUT2D eigenvalue weighted by molar-refractivity contribution is -0.132. The van der Waals surface area contributed by atoms with E-state index in [0.717, 1.165) is 12.1 Å². The summed E-state index contributed by atoms with van der Waals surface area (Å²) in [5, 5.41) is 2.83. The number of primary amides is 1. The SMILES string of the molecule is NC(=O)CO[C@@H]1COCC[C@H]1NC(=O)CCc1ccc(F)c(F)c1. The van der Waals surface area contributed by atoms with Gasteiger partial charge in [0, 0.05) is 13.0 Å².